The summed E-state index contributed by atoms with van der Waals surface area (Å²) in [5.41, 5.74) is 1.35. The lowest BCUT2D eigenvalue weighted by molar-refractivity contribution is -0.115. The molecule has 0 unspecified atom stereocenters. The van der Waals surface area contributed by atoms with E-state index in [0.717, 1.165) is 10.2 Å². The molecule has 5 nitrogen and oxygen atoms in total. The predicted octanol–water partition coefficient (Wildman–Crippen LogP) is 3.24. The van der Waals surface area contributed by atoms with Crippen LogP contribution >= 0.6 is 11.3 Å². The van der Waals surface area contributed by atoms with Crippen LogP contribution < -0.4 is 5.32 Å². The predicted molar refractivity (Wildman–Crippen MR) is 96.8 cm³/mol. The number of carbonyl (C=O) groups is 1. The topological polar surface area (TPSA) is 76.1 Å². The maximum absolute atomic E-state index is 12.5. The Bertz CT molecular complexity index is 933. The summed E-state index contributed by atoms with van der Waals surface area (Å²) in [7, 11) is -3.64. The summed E-state index contributed by atoms with van der Waals surface area (Å²) in [6.07, 6.45) is 0. The van der Waals surface area contributed by atoms with Gasteiger partial charge in [0.15, 0.2) is 9.84 Å². The molecule has 3 rings (SSSR count). The lowest BCUT2D eigenvalue weighted by Gasteiger charge is -2.12. The third-order valence-electron chi connectivity index (χ3n) is 3.61. The number of aromatic nitrogens is 1. The van der Waals surface area contributed by atoms with Gasteiger partial charge in [-0.1, -0.05) is 30.3 Å². The number of amides is 1. The van der Waals surface area contributed by atoms with Gasteiger partial charge in [0.05, 0.1) is 10.2 Å². The molecule has 24 heavy (non-hydrogen) atoms. The molecule has 1 atom stereocenters. The van der Waals surface area contributed by atoms with Gasteiger partial charge in [-0.05, 0) is 31.2 Å². The van der Waals surface area contributed by atoms with Gasteiger partial charge in [-0.15, -0.1) is 11.3 Å². The van der Waals surface area contributed by atoms with Crippen LogP contribution in [0.4, 0.5) is 5.69 Å². The number of nitrogens with one attached hydrogen (secondary N) is 1. The van der Waals surface area contributed by atoms with Crippen molar-refractivity contribution in [2.45, 2.75) is 17.9 Å². The first kappa shape index (κ1) is 16.6. The fraction of sp³-hybridized carbons (Fsp3) is 0.176. The Morgan fingerprint density at radius 3 is 2.50 bits per heavy atom. The number of para-hydroxylation sites is 2. The standard InChI is InChI=1S/C17H16N2O3S2/c1-12(17(20)18-13-7-3-2-4-8-13)24(21,22)11-16-19-14-9-5-6-10-15(14)23-16/h2-10,12H,11H2,1H3,(H,18,20)/t12-/m1/s1. The summed E-state index contributed by atoms with van der Waals surface area (Å²) in [6, 6.07) is 16.3. The second kappa shape index (κ2) is 6.70. The fourth-order valence-corrected chi connectivity index (χ4v) is 4.74. The fourth-order valence-electron chi connectivity index (χ4n) is 2.21. The first-order chi connectivity index (χ1) is 11.5. The van der Waals surface area contributed by atoms with Crippen LogP contribution in [0.3, 0.4) is 0 Å². The van der Waals surface area contributed by atoms with Gasteiger partial charge in [-0.25, -0.2) is 13.4 Å². The lowest BCUT2D eigenvalue weighted by atomic mass is 10.3. The molecule has 0 aliphatic carbocycles. The van der Waals surface area contributed by atoms with Crippen molar-refractivity contribution in [2.75, 3.05) is 5.32 Å². The highest BCUT2D eigenvalue weighted by molar-refractivity contribution is 7.92. The third-order valence-corrected chi connectivity index (χ3v) is 6.80. The Labute approximate surface area is 144 Å². The average molecular weight is 360 g/mol. The number of thiazole rings is 1. The molecule has 2 aromatic carbocycles. The van der Waals surface area contributed by atoms with Crippen LogP contribution in [0.25, 0.3) is 10.2 Å². The molecule has 7 heteroatoms. The molecule has 0 bridgehead atoms. The summed E-state index contributed by atoms with van der Waals surface area (Å²) >= 11 is 1.34. The maximum atomic E-state index is 12.5. The number of anilines is 1. The van der Waals surface area contributed by atoms with Gasteiger partial charge in [-0.3, -0.25) is 4.79 Å². The molecule has 0 spiro atoms. The van der Waals surface area contributed by atoms with E-state index in [1.54, 1.807) is 24.3 Å². The first-order valence-corrected chi connectivity index (χ1v) is 9.91. The number of nitrogens with zero attached hydrogens (tertiary/aromatic N) is 1. The molecule has 0 aliphatic rings. The minimum atomic E-state index is -3.64. The number of sulfone groups is 1. The number of carbonyl (C=O) groups excluding carboxylic acids is 1. The second-order valence-corrected chi connectivity index (χ2v) is 8.82. The van der Waals surface area contributed by atoms with Crippen LogP contribution in [0.1, 0.15) is 11.9 Å². The summed E-state index contributed by atoms with van der Waals surface area (Å²) in [5.74, 6) is -0.780. The van der Waals surface area contributed by atoms with Crippen molar-refractivity contribution in [3.63, 3.8) is 0 Å². The minimum absolute atomic E-state index is 0.240. The number of rotatable bonds is 5. The van der Waals surface area contributed by atoms with E-state index in [0.29, 0.717) is 10.7 Å². The molecule has 0 fully saturated rings. The zero-order valence-electron chi connectivity index (χ0n) is 13.0. The zero-order valence-corrected chi connectivity index (χ0v) is 14.6. The number of fused-ring (bicyclic) bond motifs is 1. The first-order valence-electron chi connectivity index (χ1n) is 7.37. The van der Waals surface area contributed by atoms with Gasteiger partial charge in [0.25, 0.3) is 0 Å². The monoisotopic (exact) mass is 360 g/mol. The van der Waals surface area contributed by atoms with E-state index in [2.05, 4.69) is 10.3 Å². The Balaban J connectivity index is 1.75. The van der Waals surface area contributed by atoms with Gasteiger partial charge in [0, 0.05) is 5.69 Å². The molecule has 1 N–H and O–H groups in total. The molecule has 1 heterocycles. The highest BCUT2D eigenvalue weighted by atomic mass is 32.2. The van der Waals surface area contributed by atoms with E-state index in [9.17, 15) is 13.2 Å². The van der Waals surface area contributed by atoms with E-state index < -0.39 is 21.0 Å². The van der Waals surface area contributed by atoms with Crippen molar-refractivity contribution in [1.82, 2.24) is 4.98 Å². The highest BCUT2D eigenvalue weighted by Crippen LogP contribution is 2.24. The van der Waals surface area contributed by atoms with Crippen molar-refractivity contribution in [2.24, 2.45) is 0 Å². The number of hydrogen-bond donors (Lipinski definition) is 1. The van der Waals surface area contributed by atoms with Gasteiger partial charge >= 0.3 is 0 Å². The summed E-state index contributed by atoms with van der Waals surface area (Å²) in [5, 5.41) is 1.97. The Morgan fingerprint density at radius 2 is 1.79 bits per heavy atom. The molecular weight excluding hydrogens is 344 g/mol. The van der Waals surface area contributed by atoms with E-state index in [1.165, 1.54) is 18.3 Å². The number of benzene rings is 2. The van der Waals surface area contributed by atoms with Crippen molar-refractivity contribution >= 4 is 43.0 Å². The summed E-state index contributed by atoms with van der Waals surface area (Å²) in [4.78, 5) is 16.5. The van der Waals surface area contributed by atoms with Crippen molar-refractivity contribution in [1.29, 1.82) is 0 Å². The van der Waals surface area contributed by atoms with E-state index >= 15 is 0 Å². The molecular formula is C17H16N2O3S2. The molecule has 0 saturated heterocycles. The molecule has 124 valence electrons. The van der Waals surface area contributed by atoms with E-state index in [-0.39, 0.29) is 5.75 Å². The van der Waals surface area contributed by atoms with E-state index in [1.807, 2.05) is 30.3 Å². The molecule has 0 saturated carbocycles. The third kappa shape index (κ3) is 3.63. The minimum Gasteiger partial charge on any atom is -0.325 e. The van der Waals surface area contributed by atoms with Gasteiger partial charge in [-0.2, -0.15) is 0 Å². The molecule has 1 aromatic heterocycles. The second-order valence-electron chi connectivity index (χ2n) is 5.38. The Morgan fingerprint density at radius 1 is 1.12 bits per heavy atom. The summed E-state index contributed by atoms with van der Waals surface area (Å²) < 4.78 is 26.0. The largest absolute Gasteiger partial charge is 0.325 e. The van der Waals surface area contributed by atoms with Crippen LogP contribution in [0.2, 0.25) is 0 Å². The molecule has 1 amide bonds. The molecule has 0 radical (unpaired) electrons. The van der Waals surface area contributed by atoms with Crippen LogP contribution in [-0.4, -0.2) is 24.6 Å². The van der Waals surface area contributed by atoms with Crippen molar-refractivity contribution in [3.05, 3.63) is 59.6 Å². The van der Waals surface area contributed by atoms with Crippen molar-refractivity contribution < 1.29 is 13.2 Å². The normalized spacial score (nSPS) is 12.9. The van der Waals surface area contributed by atoms with E-state index in [4.69, 9.17) is 0 Å². The summed E-state index contributed by atoms with van der Waals surface area (Å²) in [6.45, 7) is 1.40. The quantitative estimate of drug-likeness (QED) is 0.758. The van der Waals surface area contributed by atoms with Gasteiger partial charge < -0.3 is 5.32 Å². The lowest BCUT2D eigenvalue weighted by Crippen LogP contribution is -2.33. The molecule has 0 aliphatic heterocycles. The van der Waals surface area contributed by atoms with Crippen LogP contribution in [0.15, 0.2) is 54.6 Å². The van der Waals surface area contributed by atoms with Crippen LogP contribution in [-0.2, 0) is 20.4 Å². The van der Waals surface area contributed by atoms with Crippen molar-refractivity contribution in [3.8, 4) is 0 Å². The number of hydrogen-bond acceptors (Lipinski definition) is 5. The van der Waals surface area contributed by atoms with Gasteiger partial charge in [0.2, 0.25) is 5.91 Å². The smallest absolute Gasteiger partial charge is 0.242 e. The highest BCUT2D eigenvalue weighted by Gasteiger charge is 2.29. The Kier molecular flexibility index (Phi) is 4.64. The SMILES string of the molecule is C[C@H](C(=O)Nc1ccccc1)S(=O)(=O)Cc1nc2ccccc2s1. The average Bonchev–Trinajstić information content (AvgIpc) is 2.96. The van der Waals surface area contributed by atoms with Crippen LogP contribution in [0.5, 0.6) is 0 Å². The molecule has 3 aromatic rings. The zero-order chi connectivity index (χ0) is 17.2. The van der Waals surface area contributed by atoms with Gasteiger partial charge in [0.1, 0.15) is 16.0 Å². The van der Waals surface area contributed by atoms with Crippen LogP contribution in [0, 0.1) is 0 Å². The maximum Gasteiger partial charge on any atom is 0.242 e. The Hall–Kier alpha value is -2.25.